The molecule has 0 fully saturated rings. The summed E-state index contributed by atoms with van der Waals surface area (Å²) in [7, 11) is 0. The number of halogens is 1. The summed E-state index contributed by atoms with van der Waals surface area (Å²) < 4.78 is 14.4. The molecule has 1 heterocycles. The number of nitrogens with one attached hydrogen (secondary N) is 2. The van der Waals surface area contributed by atoms with Crippen molar-refractivity contribution in [3.8, 4) is 12.3 Å². The van der Waals surface area contributed by atoms with E-state index in [1.54, 1.807) is 48.8 Å². The van der Waals surface area contributed by atoms with E-state index in [0.717, 1.165) is 5.52 Å². The van der Waals surface area contributed by atoms with Crippen LogP contribution < -0.4 is 5.32 Å². The molecule has 2 N–H and O–H groups in total. The second-order valence-electron chi connectivity index (χ2n) is 6.27. The fraction of sp³-hybridized carbons (Fsp3) is 0. The van der Waals surface area contributed by atoms with E-state index in [0.29, 0.717) is 11.1 Å². The number of aromatic nitrogens is 2. The van der Waals surface area contributed by atoms with E-state index in [-0.39, 0.29) is 28.2 Å². The van der Waals surface area contributed by atoms with Gasteiger partial charge in [0.05, 0.1) is 34.2 Å². The molecule has 0 atom stereocenters. The third-order valence-corrected chi connectivity index (χ3v) is 4.50. The van der Waals surface area contributed by atoms with Crippen molar-refractivity contribution >= 4 is 28.4 Å². The second kappa shape index (κ2) is 7.41. The molecule has 5 nitrogen and oxygen atoms in total. The lowest BCUT2D eigenvalue weighted by Gasteiger charge is -2.11. The van der Waals surface area contributed by atoms with Gasteiger partial charge in [-0.3, -0.25) is 9.59 Å². The lowest BCUT2D eigenvalue weighted by molar-refractivity contribution is 0.0996. The number of aromatic amines is 1. The van der Waals surface area contributed by atoms with E-state index in [4.69, 9.17) is 6.42 Å². The molecule has 1 amide bonds. The van der Waals surface area contributed by atoms with E-state index in [2.05, 4.69) is 21.2 Å². The Labute approximate surface area is 165 Å². The molecule has 0 bridgehead atoms. The second-order valence-corrected chi connectivity index (χ2v) is 6.27. The average Bonchev–Trinajstić information content (AvgIpc) is 3.22. The van der Waals surface area contributed by atoms with E-state index in [1.165, 1.54) is 18.2 Å². The summed E-state index contributed by atoms with van der Waals surface area (Å²) >= 11 is 0. The van der Waals surface area contributed by atoms with Crippen molar-refractivity contribution in [2.75, 3.05) is 5.32 Å². The molecular weight excluding hydrogens is 369 g/mol. The average molecular weight is 383 g/mol. The molecule has 0 spiro atoms. The highest BCUT2D eigenvalue weighted by molar-refractivity contribution is 6.18. The van der Waals surface area contributed by atoms with Gasteiger partial charge in [0.15, 0.2) is 11.6 Å². The predicted molar refractivity (Wildman–Crippen MR) is 108 cm³/mol. The van der Waals surface area contributed by atoms with Crippen molar-refractivity contribution in [1.29, 1.82) is 0 Å². The van der Waals surface area contributed by atoms with Crippen LogP contribution in [0.2, 0.25) is 0 Å². The first kappa shape index (κ1) is 18.1. The van der Waals surface area contributed by atoms with Gasteiger partial charge in [-0.05, 0) is 36.4 Å². The van der Waals surface area contributed by atoms with Gasteiger partial charge < -0.3 is 10.3 Å². The molecule has 0 saturated heterocycles. The molecule has 3 aromatic carbocycles. The monoisotopic (exact) mass is 383 g/mol. The molecule has 0 radical (unpaired) electrons. The Kier molecular flexibility index (Phi) is 4.63. The Bertz CT molecular complexity index is 1300. The highest BCUT2D eigenvalue weighted by atomic mass is 19.1. The summed E-state index contributed by atoms with van der Waals surface area (Å²) in [5.74, 6) is 0.591. The van der Waals surface area contributed by atoms with Gasteiger partial charge in [-0.25, -0.2) is 9.37 Å². The first-order valence-electron chi connectivity index (χ1n) is 8.72. The van der Waals surface area contributed by atoms with Crippen LogP contribution in [-0.2, 0) is 0 Å². The maximum Gasteiger partial charge on any atom is 0.256 e. The predicted octanol–water partition coefficient (Wildman–Crippen LogP) is 4.17. The number of ketones is 1. The van der Waals surface area contributed by atoms with Crippen LogP contribution in [0.1, 0.15) is 31.8 Å². The Morgan fingerprint density at radius 2 is 1.83 bits per heavy atom. The minimum absolute atomic E-state index is 0.0417. The van der Waals surface area contributed by atoms with Gasteiger partial charge in [0.25, 0.3) is 5.91 Å². The van der Waals surface area contributed by atoms with Crippen LogP contribution in [-0.4, -0.2) is 21.7 Å². The van der Waals surface area contributed by atoms with Gasteiger partial charge >= 0.3 is 0 Å². The Balaban J connectivity index is 1.68. The van der Waals surface area contributed by atoms with Crippen LogP contribution in [0.3, 0.4) is 0 Å². The minimum atomic E-state index is -0.697. The number of carbonyl (C=O) groups is 2. The molecule has 6 heteroatoms. The lowest BCUT2D eigenvalue weighted by atomic mass is 9.97. The van der Waals surface area contributed by atoms with Crippen molar-refractivity contribution < 1.29 is 14.0 Å². The molecule has 0 aliphatic rings. The van der Waals surface area contributed by atoms with Crippen LogP contribution in [0.5, 0.6) is 0 Å². The molecule has 140 valence electrons. The van der Waals surface area contributed by atoms with Crippen LogP contribution in [0, 0.1) is 18.2 Å². The lowest BCUT2D eigenvalue weighted by Crippen LogP contribution is -2.17. The number of imidazole rings is 1. The van der Waals surface area contributed by atoms with Crippen molar-refractivity contribution in [2.24, 2.45) is 0 Å². The number of terminal acetylenes is 1. The number of fused-ring (bicyclic) bond motifs is 1. The zero-order valence-electron chi connectivity index (χ0n) is 15.1. The Hall–Kier alpha value is -4.24. The van der Waals surface area contributed by atoms with Gasteiger partial charge in [0.1, 0.15) is 0 Å². The maximum absolute atomic E-state index is 14.4. The molecule has 0 aliphatic heterocycles. The fourth-order valence-electron chi connectivity index (χ4n) is 3.04. The van der Waals surface area contributed by atoms with Crippen LogP contribution in [0.4, 0.5) is 10.1 Å². The summed E-state index contributed by atoms with van der Waals surface area (Å²) in [6.45, 7) is 0. The smallest absolute Gasteiger partial charge is 0.256 e. The Morgan fingerprint density at radius 3 is 2.62 bits per heavy atom. The van der Waals surface area contributed by atoms with E-state index in [9.17, 15) is 14.0 Å². The fourth-order valence-corrected chi connectivity index (χ4v) is 3.04. The van der Waals surface area contributed by atoms with Gasteiger partial charge in [0.2, 0.25) is 0 Å². The molecule has 0 unspecified atom stereocenters. The molecule has 1 aromatic heterocycles. The molecule has 0 saturated carbocycles. The summed E-state index contributed by atoms with van der Waals surface area (Å²) in [6.07, 6.45) is 6.81. The molecule has 4 aromatic rings. The number of carbonyl (C=O) groups excluding carboxylic acids is 2. The number of rotatable bonds is 4. The van der Waals surface area contributed by atoms with Crippen LogP contribution in [0.15, 0.2) is 67.0 Å². The number of H-pyrrole nitrogens is 1. The normalized spacial score (nSPS) is 10.5. The number of hydrogen-bond acceptors (Lipinski definition) is 3. The molecule has 29 heavy (non-hydrogen) atoms. The number of anilines is 1. The zero-order chi connectivity index (χ0) is 20.4. The SMILES string of the molecule is C#Cc1cccc(NC(=O)c2ccccc2C(=O)c2ccc3nc[nH]c3c2)c1F. The maximum atomic E-state index is 14.4. The van der Waals surface area contributed by atoms with Crippen LogP contribution in [0.25, 0.3) is 11.0 Å². The quantitative estimate of drug-likeness (QED) is 0.410. The summed E-state index contributed by atoms with van der Waals surface area (Å²) in [5.41, 5.74) is 2.18. The van der Waals surface area contributed by atoms with Crippen molar-refractivity contribution in [2.45, 2.75) is 0 Å². The Morgan fingerprint density at radius 1 is 1.03 bits per heavy atom. The number of benzene rings is 3. The largest absolute Gasteiger partial charge is 0.345 e. The molecule has 0 aliphatic carbocycles. The summed E-state index contributed by atoms with van der Waals surface area (Å²) in [6, 6.07) is 15.8. The van der Waals surface area contributed by atoms with E-state index in [1.807, 2.05) is 0 Å². The summed E-state index contributed by atoms with van der Waals surface area (Å²) in [4.78, 5) is 32.9. The number of amides is 1. The van der Waals surface area contributed by atoms with Crippen LogP contribution >= 0.6 is 0 Å². The topological polar surface area (TPSA) is 74.8 Å². The van der Waals surface area contributed by atoms with Gasteiger partial charge in [0, 0.05) is 11.1 Å². The molecule has 4 rings (SSSR count). The van der Waals surface area contributed by atoms with Gasteiger partial charge in [-0.2, -0.15) is 0 Å². The van der Waals surface area contributed by atoms with E-state index >= 15 is 0 Å². The standard InChI is InChI=1S/C23H14FN3O2/c1-2-14-6-5-9-19(21(14)24)27-23(29)17-8-4-3-7-16(17)22(28)15-10-11-18-20(12-15)26-13-25-18/h1,3-13H,(H,25,26)(H,27,29). The number of hydrogen-bond donors (Lipinski definition) is 2. The van der Waals surface area contributed by atoms with Gasteiger partial charge in [-0.1, -0.05) is 30.2 Å². The van der Waals surface area contributed by atoms with Crippen molar-refractivity contribution in [3.63, 3.8) is 0 Å². The third-order valence-electron chi connectivity index (χ3n) is 4.50. The van der Waals surface area contributed by atoms with Gasteiger partial charge in [-0.15, -0.1) is 6.42 Å². The highest BCUT2D eigenvalue weighted by Gasteiger charge is 2.20. The highest BCUT2D eigenvalue weighted by Crippen LogP contribution is 2.21. The van der Waals surface area contributed by atoms with Crippen molar-refractivity contribution in [1.82, 2.24) is 9.97 Å². The van der Waals surface area contributed by atoms with Crippen molar-refractivity contribution in [3.05, 3.63) is 95.1 Å². The first-order chi connectivity index (χ1) is 14.1. The van der Waals surface area contributed by atoms with E-state index < -0.39 is 11.7 Å². The summed E-state index contributed by atoms with van der Waals surface area (Å²) in [5, 5.41) is 2.50. The molecular formula is C23H14FN3O2. The third kappa shape index (κ3) is 3.37. The zero-order valence-corrected chi connectivity index (χ0v) is 15.1. The minimum Gasteiger partial charge on any atom is -0.345 e. The number of nitrogens with zero attached hydrogens (tertiary/aromatic N) is 1. The first-order valence-corrected chi connectivity index (χ1v) is 8.72.